The van der Waals surface area contributed by atoms with Gasteiger partial charge in [-0.3, -0.25) is 0 Å². The highest BCUT2D eigenvalue weighted by atomic mass is 32.2. The zero-order chi connectivity index (χ0) is 12.6. The van der Waals surface area contributed by atoms with Crippen molar-refractivity contribution in [1.29, 1.82) is 0 Å². The number of hydrogen-bond donors (Lipinski definition) is 1. The molecule has 0 aliphatic carbocycles. The zero-order valence-corrected chi connectivity index (χ0v) is 11.5. The van der Waals surface area contributed by atoms with Gasteiger partial charge in [-0.2, -0.15) is 0 Å². The van der Waals surface area contributed by atoms with Crippen LogP contribution in [0.3, 0.4) is 0 Å². The second-order valence-electron chi connectivity index (χ2n) is 4.32. The second kappa shape index (κ2) is 7.24. The summed E-state index contributed by atoms with van der Waals surface area (Å²) in [7, 11) is 0. The van der Waals surface area contributed by atoms with Crippen LogP contribution in [-0.2, 0) is 6.54 Å². The molecule has 0 fully saturated rings. The maximum atomic E-state index is 3.46. The van der Waals surface area contributed by atoms with Crippen molar-refractivity contribution in [1.82, 2.24) is 5.32 Å². The molecule has 0 spiro atoms. The molecule has 18 heavy (non-hydrogen) atoms. The van der Waals surface area contributed by atoms with Gasteiger partial charge in [0.15, 0.2) is 0 Å². The Morgan fingerprint density at radius 1 is 0.944 bits per heavy atom. The fraction of sp³-hybridized carbons (Fsp3) is 0.250. The van der Waals surface area contributed by atoms with Crippen molar-refractivity contribution < 1.29 is 0 Å². The van der Waals surface area contributed by atoms with E-state index in [4.69, 9.17) is 0 Å². The van der Waals surface area contributed by atoms with Crippen LogP contribution >= 0.6 is 11.8 Å². The summed E-state index contributed by atoms with van der Waals surface area (Å²) in [6.07, 6.45) is 0. The van der Waals surface area contributed by atoms with E-state index in [-0.39, 0.29) is 0 Å². The van der Waals surface area contributed by atoms with E-state index in [1.54, 1.807) is 0 Å². The minimum Gasteiger partial charge on any atom is -0.312 e. The van der Waals surface area contributed by atoms with Crippen LogP contribution < -0.4 is 5.32 Å². The minimum absolute atomic E-state index is 0.954. The first kappa shape index (κ1) is 13.2. The molecule has 0 saturated carbocycles. The van der Waals surface area contributed by atoms with Gasteiger partial charge in [0, 0.05) is 23.7 Å². The molecule has 0 amide bonds. The average Bonchev–Trinajstić information content (AvgIpc) is 2.42. The maximum Gasteiger partial charge on any atom is 0.0205 e. The van der Waals surface area contributed by atoms with E-state index in [2.05, 4.69) is 66.8 Å². The number of rotatable bonds is 6. The Bertz CT molecular complexity index is 450. The molecule has 2 aromatic carbocycles. The highest BCUT2D eigenvalue weighted by molar-refractivity contribution is 7.99. The molecule has 0 saturated heterocycles. The highest BCUT2D eigenvalue weighted by Crippen LogP contribution is 2.17. The van der Waals surface area contributed by atoms with Gasteiger partial charge < -0.3 is 5.32 Å². The van der Waals surface area contributed by atoms with Gasteiger partial charge in [-0.1, -0.05) is 48.0 Å². The Kier molecular flexibility index (Phi) is 5.31. The van der Waals surface area contributed by atoms with Crippen molar-refractivity contribution in [2.24, 2.45) is 0 Å². The molecule has 0 aliphatic heterocycles. The van der Waals surface area contributed by atoms with Gasteiger partial charge in [0.25, 0.3) is 0 Å². The molecule has 2 heteroatoms. The maximum absolute atomic E-state index is 3.46. The predicted octanol–water partition coefficient (Wildman–Crippen LogP) is 3.88. The summed E-state index contributed by atoms with van der Waals surface area (Å²) in [5.74, 6) is 1.11. The van der Waals surface area contributed by atoms with Crippen molar-refractivity contribution in [3.05, 3.63) is 65.7 Å². The summed E-state index contributed by atoms with van der Waals surface area (Å²) in [6.45, 7) is 4.11. The van der Waals surface area contributed by atoms with Gasteiger partial charge in [-0.05, 0) is 24.6 Å². The minimum atomic E-state index is 0.954. The Morgan fingerprint density at radius 2 is 1.67 bits per heavy atom. The summed E-state index contributed by atoms with van der Waals surface area (Å²) < 4.78 is 0. The van der Waals surface area contributed by atoms with Crippen LogP contribution in [0.25, 0.3) is 0 Å². The van der Waals surface area contributed by atoms with Crippen LogP contribution in [0.5, 0.6) is 0 Å². The number of aryl methyl sites for hydroxylation is 1. The molecule has 0 aliphatic rings. The smallest absolute Gasteiger partial charge is 0.0205 e. The van der Waals surface area contributed by atoms with Crippen molar-refractivity contribution in [3.63, 3.8) is 0 Å². The van der Waals surface area contributed by atoms with Crippen molar-refractivity contribution >= 4 is 11.8 Å². The molecule has 1 nitrogen and oxygen atoms in total. The topological polar surface area (TPSA) is 12.0 Å². The quantitative estimate of drug-likeness (QED) is 0.622. The summed E-state index contributed by atoms with van der Waals surface area (Å²) in [6, 6.07) is 19.2. The van der Waals surface area contributed by atoms with Crippen molar-refractivity contribution in [2.45, 2.75) is 18.4 Å². The van der Waals surface area contributed by atoms with Crippen LogP contribution in [-0.4, -0.2) is 12.3 Å². The first-order valence-corrected chi connectivity index (χ1v) is 7.27. The molecule has 1 N–H and O–H groups in total. The first-order chi connectivity index (χ1) is 8.84. The summed E-state index contributed by atoms with van der Waals surface area (Å²) in [5.41, 5.74) is 2.67. The number of benzene rings is 2. The molecular formula is C16H19NS. The summed E-state index contributed by atoms with van der Waals surface area (Å²) in [4.78, 5) is 1.35. The van der Waals surface area contributed by atoms with Gasteiger partial charge in [0.2, 0.25) is 0 Å². The third kappa shape index (κ3) is 4.55. The van der Waals surface area contributed by atoms with Crippen molar-refractivity contribution in [2.75, 3.05) is 12.3 Å². The van der Waals surface area contributed by atoms with E-state index >= 15 is 0 Å². The Morgan fingerprint density at radius 3 is 2.39 bits per heavy atom. The largest absolute Gasteiger partial charge is 0.312 e. The van der Waals surface area contributed by atoms with Crippen LogP contribution in [0.1, 0.15) is 11.1 Å². The third-order valence-electron chi connectivity index (χ3n) is 2.74. The lowest BCUT2D eigenvalue weighted by Crippen LogP contribution is -2.16. The Labute approximate surface area is 114 Å². The molecule has 94 valence electrons. The third-order valence-corrected chi connectivity index (χ3v) is 3.75. The van der Waals surface area contributed by atoms with Crippen LogP contribution in [0.4, 0.5) is 0 Å². The van der Waals surface area contributed by atoms with E-state index in [0.717, 1.165) is 18.8 Å². The molecule has 2 rings (SSSR count). The standard InChI is InChI=1S/C16H19NS/c1-14-7-9-16(10-8-14)18-12-11-17-13-15-5-3-2-4-6-15/h2-10,17H,11-13H2,1H3. The molecule has 0 heterocycles. The highest BCUT2D eigenvalue weighted by Gasteiger charge is 1.94. The van der Waals surface area contributed by atoms with E-state index in [1.807, 2.05) is 11.8 Å². The second-order valence-corrected chi connectivity index (χ2v) is 5.49. The van der Waals surface area contributed by atoms with Crippen LogP contribution in [0.15, 0.2) is 59.5 Å². The van der Waals surface area contributed by atoms with Gasteiger partial charge >= 0.3 is 0 Å². The summed E-state index contributed by atoms with van der Waals surface area (Å²) in [5, 5.41) is 3.46. The van der Waals surface area contributed by atoms with Gasteiger partial charge in [-0.25, -0.2) is 0 Å². The first-order valence-electron chi connectivity index (χ1n) is 6.29. The Hall–Kier alpha value is -1.25. The lowest BCUT2D eigenvalue weighted by molar-refractivity contribution is 0.732. The fourth-order valence-electron chi connectivity index (χ4n) is 1.70. The molecular weight excluding hydrogens is 238 g/mol. The van der Waals surface area contributed by atoms with E-state index in [0.29, 0.717) is 0 Å². The zero-order valence-electron chi connectivity index (χ0n) is 10.7. The van der Waals surface area contributed by atoms with Crippen molar-refractivity contribution in [3.8, 4) is 0 Å². The van der Waals surface area contributed by atoms with Gasteiger partial charge in [-0.15, -0.1) is 11.8 Å². The van der Waals surface area contributed by atoms with Crippen LogP contribution in [0.2, 0.25) is 0 Å². The molecule has 2 aromatic rings. The number of hydrogen-bond acceptors (Lipinski definition) is 2. The predicted molar refractivity (Wildman–Crippen MR) is 80.1 cm³/mol. The van der Waals surface area contributed by atoms with Crippen LogP contribution in [0, 0.1) is 6.92 Å². The molecule has 0 unspecified atom stereocenters. The molecule has 0 bridgehead atoms. The SMILES string of the molecule is Cc1ccc(SCCNCc2ccccc2)cc1. The molecule has 0 radical (unpaired) electrons. The fourth-order valence-corrected chi connectivity index (χ4v) is 2.51. The van der Waals surface area contributed by atoms with E-state index in [9.17, 15) is 0 Å². The van der Waals surface area contributed by atoms with Gasteiger partial charge in [0.05, 0.1) is 0 Å². The van der Waals surface area contributed by atoms with E-state index in [1.165, 1.54) is 16.0 Å². The average molecular weight is 257 g/mol. The normalized spacial score (nSPS) is 10.5. The number of nitrogens with one attached hydrogen (secondary N) is 1. The van der Waals surface area contributed by atoms with E-state index < -0.39 is 0 Å². The monoisotopic (exact) mass is 257 g/mol. The Balaban J connectivity index is 1.63. The summed E-state index contributed by atoms with van der Waals surface area (Å²) >= 11 is 1.90. The lowest BCUT2D eigenvalue weighted by Gasteiger charge is -2.05. The van der Waals surface area contributed by atoms with Gasteiger partial charge in [0.1, 0.15) is 0 Å². The molecule has 0 atom stereocenters. The lowest BCUT2D eigenvalue weighted by atomic mass is 10.2. The number of thioether (sulfide) groups is 1. The molecule has 0 aromatic heterocycles.